The summed E-state index contributed by atoms with van der Waals surface area (Å²) in [6, 6.07) is 10.5. The minimum absolute atomic E-state index is 0.0323. The number of carbonyl (C=O) groups excluding carboxylic acids is 1. The Kier molecular flexibility index (Phi) is 3.25. The molecule has 0 amide bonds. The molecule has 0 N–H and O–H groups in total. The minimum atomic E-state index is -0.0923. The summed E-state index contributed by atoms with van der Waals surface area (Å²) < 4.78 is 5.00. The van der Waals surface area contributed by atoms with Crippen LogP contribution in [0.25, 0.3) is 0 Å². The van der Waals surface area contributed by atoms with Crippen molar-refractivity contribution < 1.29 is 9.53 Å². The Balaban J connectivity index is 1.94. The van der Waals surface area contributed by atoms with Crippen LogP contribution in [-0.2, 0) is 9.53 Å². The first-order valence-electron chi connectivity index (χ1n) is 5.71. The first kappa shape index (κ1) is 11.1. The Hall–Kier alpha value is -1.35. The lowest BCUT2D eigenvalue weighted by Crippen LogP contribution is -2.18. The maximum Gasteiger partial charge on any atom is 0.324 e. The number of rotatable bonds is 4. The van der Waals surface area contributed by atoms with Crippen LogP contribution in [-0.4, -0.2) is 30.1 Å². The Labute approximate surface area is 96.0 Å². The molecule has 2 unspecified atom stereocenters. The molecule has 16 heavy (non-hydrogen) atoms. The van der Waals surface area contributed by atoms with Gasteiger partial charge in [0, 0.05) is 12.6 Å². The molecule has 1 aromatic rings. The first-order valence-corrected chi connectivity index (χ1v) is 5.71. The van der Waals surface area contributed by atoms with Gasteiger partial charge in [-0.1, -0.05) is 30.3 Å². The number of nitrogens with zero attached hydrogens (tertiary/aromatic N) is 1. The monoisotopic (exact) mass is 219 g/mol. The van der Waals surface area contributed by atoms with Gasteiger partial charge in [-0.3, -0.25) is 9.69 Å². The maximum absolute atomic E-state index is 11.5. The van der Waals surface area contributed by atoms with Gasteiger partial charge in [0.1, 0.15) is 6.04 Å². The summed E-state index contributed by atoms with van der Waals surface area (Å²) in [6.07, 6.45) is 0. The molecule has 3 atom stereocenters. The van der Waals surface area contributed by atoms with Crippen molar-refractivity contribution >= 4 is 5.97 Å². The third-order valence-corrected chi connectivity index (χ3v) is 2.99. The van der Waals surface area contributed by atoms with E-state index in [0.29, 0.717) is 6.61 Å². The number of hydrogen-bond donors (Lipinski definition) is 0. The Morgan fingerprint density at radius 3 is 2.81 bits per heavy atom. The lowest BCUT2D eigenvalue weighted by atomic mass is 10.1. The van der Waals surface area contributed by atoms with Crippen LogP contribution in [0.15, 0.2) is 30.3 Å². The van der Waals surface area contributed by atoms with Crippen LogP contribution in [0, 0.1) is 0 Å². The Morgan fingerprint density at radius 2 is 2.19 bits per heavy atom. The van der Waals surface area contributed by atoms with Gasteiger partial charge >= 0.3 is 5.97 Å². The molecule has 3 nitrogen and oxygen atoms in total. The predicted molar refractivity (Wildman–Crippen MR) is 62.0 cm³/mol. The maximum atomic E-state index is 11.5. The van der Waals surface area contributed by atoms with Crippen LogP contribution >= 0.6 is 0 Å². The van der Waals surface area contributed by atoms with E-state index < -0.39 is 0 Å². The zero-order valence-corrected chi connectivity index (χ0v) is 9.72. The Bertz CT molecular complexity index is 363. The summed E-state index contributed by atoms with van der Waals surface area (Å²) in [4.78, 5) is 13.6. The van der Waals surface area contributed by atoms with Crippen molar-refractivity contribution in [2.75, 3.05) is 13.2 Å². The lowest BCUT2D eigenvalue weighted by Gasteiger charge is -2.13. The third-order valence-electron chi connectivity index (χ3n) is 2.99. The van der Waals surface area contributed by atoms with E-state index in [4.69, 9.17) is 4.74 Å². The van der Waals surface area contributed by atoms with Crippen molar-refractivity contribution in [3.05, 3.63) is 35.9 Å². The molecule has 1 fully saturated rings. The highest BCUT2D eigenvalue weighted by molar-refractivity contribution is 5.79. The molecule has 3 heteroatoms. The quantitative estimate of drug-likeness (QED) is 0.573. The van der Waals surface area contributed by atoms with Crippen molar-refractivity contribution in [2.24, 2.45) is 0 Å². The van der Waals surface area contributed by atoms with E-state index in [1.165, 1.54) is 5.56 Å². The highest BCUT2D eigenvalue weighted by atomic mass is 16.5. The number of hydrogen-bond acceptors (Lipinski definition) is 3. The molecule has 1 aliphatic rings. The van der Waals surface area contributed by atoms with Crippen LogP contribution in [0.3, 0.4) is 0 Å². The van der Waals surface area contributed by atoms with Gasteiger partial charge in [-0.25, -0.2) is 0 Å². The molecule has 1 aromatic carbocycles. The smallest absolute Gasteiger partial charge is 0.324 e. The fourth-order valence-electron chi connectivity index (χ4n) is 1.95. The molecule has 0 saturated carbocycles. The lowest BCUT2D eigenvalue weighted by molar-refractivity contribution is -0.143. The summed E-state index contributed by atoms with van der Waals surface area (Å²) in [7, 11) is 0. The highest BCUT2D eigenvalue weighted by Crippen LogP contribution is 2.32. The van der Waals surface area contributed by atoms with Gasteiger partial charge in [-0.2, -0.15) is 0 Å². The second-order valence-electron chi connectivity index (χ2n) is 4.05. The fourth-order valence-corrected chi connectivity index (χ4v) is 1.95. The molecule has 1 heterocycles. The SMILES string of the molecule is CCOC(=O)C1CN1[C@H](C)c1ccccc1. The third kappa shape index (κ3) is 2.25. The zero-order chi connectivity index (χ0) is 11.5. The van der Waals surface area contributed by atoms with Crippen molar-refractivity contribution in [3.8, 4) is 0 Å². The van der Waals surface area contributed by atoms with E-state index in [0.717, 1.165) is 6.54 Å². The van der Waals surface area contributed by atoms with Crippen LogP contribution in [0.5, 0.6) is 0 Å². The van der Waals surface area contributed by atoms with Gasteiger partial charge < -0.3 is 4.74 Å². The standard InChI is InChI=1S/C13H17NO2/c1-3-16-13(15)12-9-14(12)10(2)11-7-5-4-6-8-11/h4-8,10,12H,3,9H2,1-2H3/t10-,12?,14?/m1/s1. The summed E-state index contributed by atoms with van der Waals surface area (Å²) >= 11 is 0. The minimum Gasteiger partial charge on any atom is -0.465 e. The predicted octanol–water partition coefficient (Wildman–Crippen LogP) is 1.99. The van der Waals surface area contributed by atoms with Gasteiger partial charge in [0.25, 0.3) is 0 Å². The summed E-state index contributed by atoms with van der Waals surface area (Å²) in [5.41, 5.74) is 1.24. The molecule has 0 spiro atoms. The van der Waals surface area contributed by atoms with Crippen molar-refractivity contribution in [1.29, 1.82) is 0 Å². The number of benzene rings is 1. The van der Waals surface area contributed by atoms with Crippen molar-refractivity contribution in [3.63, 3.8) is 0 Å². The molecule has 0 bridgehead atoms. The molecule has 0 radical (unpaired) electrons. The van der Waals surface area contributed by atoms with Crippen LogP contribution in [0.2, 0.25) is 0 Å². The van der Waals surface area contributed by atoms with Gasteiger partial charge in [0.15, 0.2) is 0 Å². The zero-order valence-electron chi connectivity index (χ0n) is 9.72. The van der Waals surface area contributed by atoms with E-state index in [-0.39, 0.29) is 18.1 Å². The average molecular weight is 219 g/mol. The van der Waals surface area contributed by atoms with Crippen molar-refractivity contribution in [2.45, 2.75) is 25.9 Å². The number of carbonyl (C=O) groups is 1. The molecular formula is C13H17NO2. The summed E-state index contributed by atoms with van der Waals surface area (Å²) in [5, 5.41) is 0. The van der Waals surface area contributed by atoms with Crippen LogP contribution < -0.4 is 0 Å². The van der Waals surface area contributed by atoms with E-state index in [1.54, 1.807) is 0 Å². The Morgan fingerprint density at radius 1 is 1.50 bits per heavy atom. The second kappa shape index (κ2) is 4.66. The van der Waals surface area contributed by atoms with E-state index in [1.807, 2.05) is 25.1 Å². The largest absolute Gasteiger partial charge is 0.465 e. The van der Waals surface area contributed by atoms with Gasteiger partial charge in [0.2, 0.25) is 0 Å². The van der Waals surface area contributed by atoms with E-state index in [2.05, 4.69) is 24.0 Å². The summed E-state index contributed by atoms with van der Waals surface area (Å²) in [6.45, 7) is 5.23. The van der Waals surface area contributed by atoms with Gasteiger partial charge in [-0.15, -0.1) is 0 Å². The topological polar surface area (TPSA) is 29.3 Å². The van der Waals surface area contributed by atoms with Gasteiger partial charge in [-0.05, 0) is 19.4 Å². The summed E-state index contributed by atoms with van der Waals surface area (Å²) in [5.74, 6) is -0.0923. The van der Waals surface area contributed by atoms with E-state index in [9.17, 15) is 4.79 Å². The fraction of sp³-hybridized carbons (Fsp3) is 0.462. The molecular weight excluding hydrogens is 202 g/mol. The van der Waals surface area contributed by atoms with Crippen molar-refractivity contribution in [1.82, 2.24) is 4.90 Å². The molecule has 86 valence electrons. The molecule has 2 rings (SSSR count). The first-order chi connectivity index (χ1) is 7.74. The normalized spacial score (nSPS) is 24.9. The molecule has 1 saturated heterocycles. The van der Waals surface area contributed by atoms with Gasteiger partial charge in [0.05, 0.1) is 6.61 Å². The number of ether oxygens (including phenoxy) is 1. The number of esters is 1. The molecule has 0 aromatic heterocycles. The molecule has 1 aliphatic heterocycles. The second-order valence-corrected chi connectivity index (χ2v) is 4.05. The highest BCUT2D eigenvalue weighted by Gasteiger charge is 2.44. The molecule has 0 aliphatic carbocycles. The average Bonchev–Trinajstić information content (AvgIpc) is 3.09. The van der Waals surface area contributed by atoms with Crippen LogP contribution in [0.1, 0.15) is 25.5 Å². The van der Waals surface area contributed by atoms with E-state index >= 15 is 0 Å². The van der Waals surface area contributed by atoms with Crippen LogP contribution in [0.4, 0.5) is 0 Å².